The van der Waals surface area contributed by atoms with Crippen molar-refractivity contribution >= 4 is 12.1 Å². The van der Waals surface area contributed by atoms with Crippen molar-refractivity contribution in [1.29, 1.82) is 0 Å². The number of hydrogen-bond acceptors (Lipinski definition) is 5. The van der Waals surface area contributed by atoms with E-state index in [1.54, 1.807) is 26.8 Å². The lowest BCUT2D eigenvalue weighted by molar-refractivity contribution is -0.141. The van der Waals surface area contributed by atoms with Gasteiger partial charge in [-0.1, -0.05) is 24.3 Å². The highest BCUT2D eigenvalue weighted by Crippen LogP contribution is 2.36. The van der Waals surface area contributed by atoms with Gasteiger partial charge in [-0.25, -0.2) is 9.18 Å². The van der Waals surface area contributed by atoms with E-state index in [2.05, 4.69) is 11.9 Å². The number of aryl methyl sites for hydroxylation is 1. The van der Waals surface area contributed by atoms with Crippen molar-refractivity contribution in [3.63, 3.8) is 0 Å². The fourth-order valence-corrected chi connectivity index (χ4v) is 3.47. The zero-order valence-corrected chi connectivity index (χ0v) is 20.6. The maximum absolute atomic E-state index is 14.2. The van der Waals surface area contributed by atoms with E-state index in [0.717, 1.165) is 24.0 Å². The molecule has 2 rings (SSSR count). The van der Waals surface area contributed by atoms with Crippen LogP contribution in [0.25, 0.3) is 11.1 Å². The number of halogens is 1. The number of hydrogen-bond donors (Lipinski definition) is 1. The first kappa shape index (κ1) is 26.9. The molecule has 0 unspecified atom stereocenters. The normalized spacial score (nSPS) is 11.9. The largest absolute Gasteiger partial charge is 0.493 e. The average Bonchev–Trinajstić information content (AvgIpc) is 2.74. The highest BCUT2D eigenvalue weighted by molar-refractivity contribution is 5.76. The van der Waals surface area contributed by atoms with Crippen molar-refractivity contribution in [2.24, 2.45) is 0 Å². The van der Waals surface area contributed by atoms with Gasteiger partial charge in [-0.2, -0.15) is 0 Å². The van der Waals surface area contributed by atoms with Gasteiger partial charge in [0.15, 0.2) is 0 Å². The molecule has 0 aromatic heterocycles. The van der Waals surface area contributed by atoms with Crippen molar-refractivity contribution in [1.82, 2.24) is 5.32 Å². The summed E-state index contributed by atoms with van der Waals surface area (Å²) in [6.45, 7) is 11.2. The topological polar surface area (TPSA) is 73.9 Å². The predicted octanol–water partition coefficient (Wildman–Crippen LogP) is 6.28. The quantitative estimate of drug-likeness (QED) is 0.251. The first-order valence-electron chi connectivity index (χ1n) is 11.2. The van der Waals surface area contributed by atoms with E-state index >= 15 is 0 Å². The number of amides is 1. The summed E-state index contributed by atoms with van der Waals surface area (Å²) in [5.74, 6) is -0.426. The van der Waals surface area contributed by atoms with Crippen LogP contribution in [0.1, 0.15) is 57.2 Å². The van der Waals surface area contributed by atoms with E-state index in [9.17, 15) is 14.0 Å². The first-order valence-corrected chi connectivity index (χ1v) is 11.2. The number of rotatable bonds is 10. The summed E-state index contributed by atoms with van der Waals surface area (Å²) >= 11 is 0. The molecule has 0 heterocycles. The third-order valence-corrected chi connectivity index (χ3v) is 4.94. The van der Waals surface area contributed by atoms with Gasteiger partial charge >= 0.3 is 12.1 Å². The van der Waals surface area contributed by atoms with E-state index in [1.807, 2.05) is 31.2 Å². The van der Waals surface area contributed by atoms with Crippen LogP contribution in [0, 0.1) is 12.7 Å². The van der Waals surface area contributed by atoms with E-state index in [-0.39, 0.29) is 12.2 Å². The Balaban J connectivity index is 2.42. The van der Waals surface area contributed by atoms with Crippen molar-refractivity contribution in [2.75, 3.05) is 13.7 Å². The molecule has 0 radical (unpaired) electrons. The van der Waals surface area contributed by atoms with Crippen LogP contribution in [-0.4, -0.2) is 31.4 Å². The average molecular weight is 472 g/mol. The highest BCUT2D eigenvalue weighted by Gasteiger charge is 2.24. The van der Waals surface area contributed by atoms with Gasteiger partial charge in [0.1, 0.15) is 17.2 Å². The molecule has 34 heavy (non-hydrogen) atoms. The summed E-state index contributed by atoms with van der Waals surface area (Å²) in [6, 6.07) is 9.48. The lowest BCUT2D eigenvalue weighted by Gasteiger charge is -2.24. The molecule has 0 saturated heterocycles. The summed E-state index contributed by atoms with van der Waals surface area (Å²) in [6.07, 6.45) is 2.65. The molecule has 2 aromatic rings. The van der Waals surface area contributed by atoms with E-state index in [4.69, 9.17) is 14.2 Å². The lowest BCUT2D eigenvalue weighted by atomic mass is 9.94. The van der Waals surface area contributed by atoms with Crippen LogP contribution in [-0.2, 0) is 14.3 Å². The Hall–Kier alpha value is -3.35. The third kappa shape index (κ3) is 8.21. The fourth-order valence-electron chi connectivity index (χ4n) is 3.47. The first-order chi connectivity index (χ1) is 16.0. The van der Waals surface area contributed by atoms with E-state index in [0.29, 0.717) is 23.5 Å². The number of ether oxygens (including phenoxy) is 3. The summed E-state index contributed by atoms with van der Waals surface area (Å²) in [7, 11) is 1.29. The van der Waals surface area contributed by atoms with Crippen LogP contribution in [0.15, 0.2) is 49.1 Å². The summed E-state index contributed by atoms with van der Waals surface area (Å²) < 4.78 is 30.2. The van der Waals surface area contributed by atoms with Crippen LogP contribution in [0.4, 0.5) is 9.18 Å². The Morgan fingerprint density at radius 3 is 2.59 bits per heavy atom. The second-order valence-corrected chi connectivity index (χ2v) is 8.98. The van der Waals surface area contributed by atoms with Crippen LogP contribution < -0.4 is 10.1 Å². The monoisotopic (exact) mass is 471 g/mol. The van der Waals surface area contributed by atoms with Crippen LogP contribution in [0.3, 0.4) is 0 Å². The van der Waals surface area contributed by atoms with Crippen LogP contribution in [0.2, 0.25) is 0 Å². The SMILES string of the molecule is C=CCCCOc1cc(F)cc(C)c1-c1cccc([C@H](CC(=O)OC)NC(=O)OC(C)(C)C)c1. The number of carbonyl (C=O) groups excluding carboxylic acids is 2. The van der Waals surface area contributed by atoms with Crippen molar-refractivity contribution in [2.45, 2.75) is 58.6 Å². The van der Waals surface area contributed by atoms with Gasteiger partial charge in [0.2, 0.25) is 0 Å². The number of allylic oxidation sites excluding steroid dienone is 1. The molecule has 184 valence electrons. The molecule has 2 aromatic carbocycles. The van der Waals surface area contributed by atoms with Crippen LogP contribution in [0.5, 0.6) is 5.75 Å². The third-order valence-electron chi connectivity index (χ3n) is 4.94. The number of nitrogens with one attached hydrogen (secondary N) is 1. The Kier molecular flexibility index (Phi) is 9.66. The van der Waals surface area contributed by atoms with Gasteiger partial charge in [0.05, 0.1) is 26.2 Å². The standard InChI is InChI=1S/C27H34FNO5/c1-7-8-9-13-33-23-16-21(28)14-18(2)25(23)20-12-10-11-19(15-20)22(17-24(30)32-6)29-26(31)34-27(3,4)5/h7,10-12,14-16,22H,1,8-9,13,17H2,2-6H3,(H,29,31)/t22-/m0/s1. The molecule has 0 aliphatic rings. The maximum atomic E-state index is 14.2. The smallest absolute Gasteiger partial charge is 0.408 e. The minimum absolute atomic E-state index is 0.0769. The van der Waals surface area contributed by atoms with E-state index in [1.165, 1.54) is 19.2 Å². The highest BCUT2D eigenvalue weighted by atomic mass is 19.1. The fraction of sp³-hybridized carbons (Fsp3) is 0.407. The van der Waals surface area contributed by atoms with Gasteiger partial charge < -0.3 is 19.5 Å². The van der Waals surface area contributed by atoms with Crippen molar-refractivity contribution < 1.29 is 28.2 Å². The number of benzene rings is 2. The minimum Gasteiger partial charge on any atom is -0.493 e. The van der Waals surface area contributed by atoms with Gasteiger partial charge in [0.25, 0.3) is 0 Å². The molecule has 0 saturated carbocycles. The molecule has 6 nitrogen and oxygen atoms in total. The van der Waals surface area contributed by atoms with Crippen LogP contribution >= 0.6 is 0 Å². The molecule has 0 spiro atoms. The zero-order valence-electron chi connectivity index (χ0n) is 20.6. The van der Waals surface area contributed by atoms with E-state index < -0.39 is 23.7 Å². The lowest BCUT2D eigenvalue weighted by Crippen LogP contribution is -2.36. The Bertz CT molecular complexity index is 1010. The number of esters is 1. The molecule has 1 amide bonds. The summed E-state index contributed by atoms with van der Waals surface area (Å²) in [5, 5.41) is 2.76. The molecule has 1 atom stereocenters. The summed E-state index contributed by atoms with van der Waals surface area (Å²) in [5.41, 5.74) is 2.21. The molecular weight excluding hydrogens is 437 g/mol. The van der Waals surface area contributed by atoms with Gasteiger partial charge in [-0.15, -0.1) is 6.58 Å². The van der Waals surface area contributed by atoms with Crippen molar-refractivity contribution in [3.8, 4) is 16.9 Å². The minimum atomic E-state index is -0.690. The summed E-state index contributed by atoms with van der Waals surface area (Å²) in [4.78, 5) is 24.5. The molecular formula is C27H34FNO5. The number of alkyl carbamates (subject to hydrolysis) is 1. The molecule has 0 aliphatic heterocycles. The predicted molar refractivity (Wildman–Crippen MR) is 130 cm³/mol. The number of unbranched alkanes of at least 4 members (excludes halogenated alkanes) is 1. The molecule has 0 aliphatic carbocycles. The Labute approximate surface area is 201 Å². The maximum Gasteiger partial charge on any atom is 0.408 e. The van der Waals surface area contributed by atoms with Gasteiger partial charge in [-0.05, 0) is 69.4 Å². The Morgan fingerprint density at radius 2 is 1.94 bits per heavy atom. The molecule has 0 fully saturated rings. The molecule has 0 bridgehead atoms. The number of carbonyl (C=O) groups is 2. The van der Waals surface area contributed by atoms with Crippen molar-refractivity contribution in [3.05, 3.63) is 66.0 Å². The second-order valence-electron chi connectivity index (χ2n) is 8.98. The molecule has 7 heteroatoms. The molecule has 1 N–H and O–H groups in total. The second kappa shape index (κ2) is 12.2. The number of methoxy groups -OCH3 is 1. The van der Waals surface area contributed by atoms with Gasteiger partial charge in [0, 0.05) is 11.6 Å². The Morgan fingerprint density at radius 1 is 1.21 bits per heavy atom. The van der Waals surface area contributed by atoms with Gasteiger partial charge in [-0.3, -0.25) is 4.79 Å². The zero-order chi connectivity index (χ0) is 25.3.